The third kappa shape index (κ3) is 1.78. The van der Waals surface area contributed by atoms with Gasteiger partial charge in [-0.3, -0.25) is 0 Å². The second-order valence-electron chi connectivity index (χ2n) is 4.87. The molecule has 2 heterocycles. The second-order valence-corrected chi connectivity index (χ2v) is 4.87. The molecule has 1 aromatic rings. The predicted molar refractivity (Wildman–Crippen MR) is 62.4 cm³/mol. The summed E-state index contributed by atoms with van der Waals surface area (Å²) in [7, 11) is 0. The summed E-state index contributed by atoms with van der Waals surface area (Å²) in [5.41, 5.74) is -0.582. The van der Waals surface area contributed by atoms with Gasteiger partial charge in [0.2, 0.25) is 0 Å². The van der Waals surface area contributed by atoms with Crippen molar-refractivity contribution in [1.29, 1.82) is 5.26 Å². The van der Waals surface area contributed by atoms with E-state index in [1.165, 1.54) is 0 Å². The number of aromatic nitrogens is 2. The van der Waals surface area contributed by atoms with E-state index in [4.69, 9.17) is 9.47 Å². The van der Waals surface area contributed by atoms with Crippen LogP contribution in [0.3, 0.4) is 0 Å². The summed E-state index contributed by atoms with van der Waals surface area (Å²) in [4.78, 5) is 8.49. The van der Waals surface area contributed by atoms with Crippen LogP contribution in [-0.4, -0.2) is 29.0 Å². The molecule has 0 aromatic carbocycles. The van der Waals surface area contributed by atoms with Crippen LogP contribution in [0.1, 0.15) is 31.5 Å². The highest BCUT2D eigenvalue weighted by molar-refractivity contribution is 5.22. The number of hydrogen-bond acceptors (Lipinski definition) is 5. The predicted octanol–water partition coefficient (Wildman–Crippen LogP) is 1.56. The molecule has 0 atom stereocenters. The highest BCUT2D eigenvalue weighted by Crippen LogP contribution is 2.44. The zero-order valence-corrected chi connectivity index (χ0v) is 10.1. The van der Waals surface area contributed by atoms with Gasteiger partial charge < -0.3 is 9.47 Å². The summed E-state index contributed by atoms with van der Waals surface area (Å²) >= 11 is 0. The Morgan fingerprint density at radius 2 is 1.67 bits per heavy atom. The molecule has 0 unspecified atom stereocenters. The molecule has 0 N–H and O–H groups in total. The maximum atomic E-state index is 9.51. The minimum absolute atomic E-state index is 0.449. The molecule has 1 aliphatic heterocycles. The quantitative estimate of drug-likeness (QED) is 0.751. The molecule has 0 radical (unpaired) electrons. The lowest BCUT2D eigenvalue weighted by molar-refractivity contribution is -0.182. The van der Waals surface area contributed by atoms with Gasteiger partial charge in [-0.2, -0.15) is 5.26 Å². The van der Waals surface area contributed by atoms with Crippen LogP contribution in [0.4, 0.5) is 0 Å². The molecule has 1 aromatic heterocycles. The van der Waals surface area contributed by atoms with Crippen molar-refractivity contribution in [3.63, 3.8) is 0 Å². The van der Waals surface area contributed by atoms with Crippen molar-refractivity contribution in [3.8, 4) is 6.07 Å². The van der Waals surface area contributed by atoms with E-state index in [1.54, 1.807) is 18.5 Å². The van der Waals surface area contributed by atoms with Crippen molar-refractivity contribution in [1.82, 2.24) is 9.97 Å². The Bertz CT molecular complexity index is 453. The van der Waals surface area contributed by atoms with E-state index < -0.39 is 11.2 Å². The first kappa shape index (κ1) is 11.6. The Hall–Kier alpha value is -1.51. The lowest BCUT2D eigenvalue weighted by Crippen LogP contribution is -2.42. The molecule has 5 heteroatoms. The molecule has 5 nitrogen and oxygen atoms in total. The van der Waals surface area contributed by atoms with Crippen LogP contribution >= 0.6 is 0 Å². The van der Waals surface area contributed by atoms with Gasteiger partial charge in [0, 0.05) is 25.2 Å². The Morgan fingerprint density at radius 3 is 2.22 bits per heavy atom. The fraction of sp³-hybridized carbons (Fsp3) is 0.615. The molecule has 2 aliphatic rings. The normalized spacial score (nSPS) is 24.8. The molecule has 1 spiro atoms. The molecule has 3 rings (SSSR count). The van der Waals surface area contributed by atoms with Gasteiger partial charge in [-0.05, 0) is 18.9 Å². The lowest BCUT2D eigenvalue weighted by Gasteiger charge is -2.38. The zero-order valence-electron chi connectivity index (χ0n) is 10.1. The van der Waals surface area contributed by atoms with Crippen LogP contribution in [0.15, 0.2) is 18.5 Å². The van der Waals surface area contributed by atoms with Crippen molar-refractivity contribution in [3.05, 3.63) is 24.3 Å². The van der Waals surface area contributed by atoms with Gasteiger partial charge in [0.15, 0.2) is 5.79 Å². The lowest BCUT2D eigenvalue weighted by atomic mass is 9.72. The SMILES string of the molecule is N#CC1(c2ncccn2)CCC2(CC1)OCCO2. The maximum absolute atomic E-state index is 9.51. The minimum Gasteiger partial charge on any atom is -0.348 e. The number of ether oxygens (including phenoxy) is 2. The third-order valence-corrected chi connectivity index (χ3v) is 3.89. The minimum atomic E-state index is -0.582. The van der Waals surface area contributed by atoms with E-state index in [2.05, 4.69) is 16.0 Å². The largest absolute Gasteiger partial charge is 0.348 e. The number of rotatable bonds is 1. The molecule has 0 bridgehead atoms. The molecule has 0 amide bonds. The van der Waals surface area contributed by atoms with Crippen LogP contribution in [0.25, 0.3) is 0 Å². The van der Waals surface area contributed by atoms with Crippen molar-refractivity contribution in [2.24, 2.45) is 0 Å². The first-order valence-electron chi connectivity index (χ1n) is 6.25. The summed E-state index contributed by atoms with van der Waals surface area (Å²) in [6, 6.07) is 4.17. The smallest absolute Gasteiger partial charge is 0.168 e. The average Bonchev–Trinajstić information content (AvgIpc) is 2.90. The number of nitriles is 1. The van der Waals surface area contributed by atoms with E-state index in [9.17, 15) is 5.26 Å². The summed E-state index contributed by atoms with van der Waals surface area (Å²) in [6.45, 7) is 1.31. The maximum Gasteiger partial charge on any atom is 0.168 e. The van der Waals surface area contributed by atoms with Gasteiger partial charge in [0.05, 0.1) is 19.3 Å². The van der Waals surface area contributed by atoms with Gasteiger partial charge in [-0.25, -0.2) is 9.97 Å². The van der Waals surface area contributed by atoms with Crippen LogP contribution < -0.4 is 0 Å². The standard InChI is InChI=1S/C13H15N3O2/c14-10-12(11-15-6-1-7-16-11)2-4-13(5-3-12)17-8-9-18-13/h1,6-7H,2-5,8-9H2. The first-order chi connectivity index (χ1) is 8.79. The summed E-state index contributed by atoms with van der Waals surface area (Å²) in [5, 5.41) is 9.51. The molecule has 18 heavy (non-hydrogen) atoms. The van der Waals surface area contributed by atoms with Crippen LogP contribution in [-0.2, 0) is 14.9 Å². The van der Waals surface area contributed by atoms with Crippen molar-refractivity contribution < 1.29 is 9.47 Å². The molecule has 1 aliphatic carbocycles. The van der Waals surface area contributed by atoms with Crippen molar-refractivity contribution in [2.45, 2.75) is 36.9 Å². The Balaban J connectivity index is 1.82. The fourth-order valence-electron chi connectivity index (χ4n) is 2.77. The molecule has 1 saturated carbocycles. The highest BCUT2D eigenvalue weighted by Gasteiger charge is 2.48. The van der Waals surface area contributed by atoms with E-state index in [0.29, 0.717) is 31.9 Å². The van der Waals surface area contributed by atoms with Crippen molar-refractivity contribution >= 4 is 0 Å². The summed E-state index contributed by atoms with van der Waals surface area (Å²) in [6.07, 6.45) is 6.22. The number of hydrogen-bond donors (Lipinski definition) is 0. The van der Waals surface area contributed by atoms with Crippen LogP contribution in [0, 0.1) is 11.3 Å². The van der Waals surface area contributed by atoms with Gasteiger partial charge >= 0.3 is 0 Å². The van der Waals surface area contributed by atoms with Crippen LogP contribution in [0.2, 0.25) is 0 Å². The summed E-state index contributed by atoms with van der Waals surface area (Å²) < 4.78 is 11.4. The average molecular weight is 245 g/mol. The molecule has 94 valence electrons. The number of nitrogens with zero attached hydrogens (tertiary/aromatic N) is 3. The molecule has 2 fully saturated rings. The van der Waals surface area contributed by atoms with Crippen LogP contribution in [0.5, 0.6) is 0 Å². The second kappa shape index (κ2) is 4.30. The first-order valence-corrected chi connectivity index (χ1v) is 6.25. The van der Waals surface area contributed by atoms with Gasteiger partial charge in [-0.1, -0.05) is 0 Å². The topological polar surface area (TPSA) is 68.0 Å². The van der Waals surface area contributed by atoms with E-state index in [1.807, 2.05) is 0 Å². The van der Waals surface area contributed by atoms with E-state index >= 15 is 0 Å². The van der Waals surface area contributed by atoms with E-state index in [-0.39, 0.29) is 0 Å². The third-order valence-electron chi connectivity index (χ3n) is 3.89. The molecule has 1 saturated heterocycles. The Kier molecular flexibility index (Phi) is 2.77. The summed E-state index contributed by atoms with van der Waals surface area (Å²) in [5.74, 6) is 0.176. The zero-order chi connectivity index (χ0) is 12.5. The fourth-order valence-corrected chi connectivity index (χ4v) is 2.77. The highest BCUT2D eigenvalue weighted by atomic mass is 16.7. The van der Waals surface area contributed by atoms with Gasteiger partial charge in [0.25, 0.3) is 0 Å². The van der Waals surface area contributed by atoms with Gasteiger partial charge in [-0.15, -0.1) is 0 Å². The molecular weight excluding hydrogens is 230 g/mol. The monoisotopic (exact) mass is 245 g/mol. The van der Waals surface area contributed by atoms with E-state index in [0.717, 1.165) is 12.8 Å². The Morgan fingerprint density at radius 1 is 1.06 bits per heavy atom. The Labute approximate surface area is 106 Å². The molecular formula is C13H15N3O2. The van der Waals surface area contributed by atoms with Gasteiger partial charge in [0.1, 0.15) is 11.2 Å². The van der Waals surface area contributed by atoms with Crippen molar-refractivity contribution in [2.75, 3.05) is 13.2 Å².